The summed E-state index contributed by atoms with van der Waals surface area (Å²) in [5, 5.41) is 0. The molecule has 0 unspecified atom stereocenters. The average molecular weight is 146 g/mol. The number of hydrogen-bond donors (Lipinski definition) is 1. The Labute approximate surface area is 59.9 Å². The summed E-state index contributed by atoms with van der Waals surface area (Å²) >= 11 is 4.03. The van der Waals surface area contributed by atoms with E-state index in [9.17, 15) is 0 Å². The van der Waals surface area contributed by atoms with Crippen molar-refractivity contribution in [3.8, 4) is 0 Å². The van der Waals surface area contributed by atoms with Gasteiger partial charge in [-0.3, -0.25) is 0 Å². The summed E-state index contributed by atoms with van der Waals surface area (Å²) in [5.41, 5.74) is 0. The summed E-state index contributed by atoms with van der Waals surface area (Å²) in [6.45, 7) is 5.61. The zero-order chi connectivity index (χ0) is 6.41. The molecule has 0 aromatic heterocycles. The summed E-state index contributed by atoms with van der Waals surface area (Å²) in [4.78, 5) is 1.25. The van der Waals surface area contributed by atoms with Crippen molar-refractivity contribution in [1.82, 2.24) is 0 Å². The van der Waals surface area contributed by atoms with Crippen LogP contribution in [0, 0.1) is 0 Å². The molecule has 0 amide bonds. The summed E-state index contributed by atoms with van der Waals surface area (Å²) in [6, 6.07) is 0. The normalized spacial score (nSPS) is 11.5. The van der Waals surface area contributed by atoms with Crippen LogP contribution in [-0.4, -0.2) is 0 Å². The highest BCUT2D eigenvalue weighted by Crippen LogP contribution is 2.22. The number of rotatable bonds is 3. The smallest absolute Gasteiger partial charge is 0.00348 e. The van der Waals surface area contributed by atoms with E-state index in [0.717, 1.165) is 6.42 Å². The third kappa shape index (κ3) is 3.22. The van der Waals surface area contributed by atoms with Crippen LogP contribution in [0.25, 0.3) is 0 Å². The van der Waals surface area contributed by atoms with Gasteiger partial charge in [0.1, 0.15) is 0 Å². The maximum atomic E-state index is 4.03. The molecule has 0 nitrogen and oxygen atoms in total. The molecule has 0 radical (unpaired) electrons. The first-order chi connectivity index (χ1) is 3.85. The van der Waals surface area contributed by atoms with Crippen molar-refractivity contribution in [3.05, 3.63) is 23.6 Å². The van der Waals surface area contributed by atoms with E-state index in [1.165, 1.54) is 15.7 Å². The van der Waals surface area contributed by atoms with Crippen LogP contribution in [0.4, 0.5) is 0 Å². The van der Waals surface area contributed by atoms with Crippen LogP contribution >= 0.6 is 22.5 Å². The van der Waals surface area contributed by atoms with Crippen LogP contribution < -0.4 is 0 Å². The molecule has 8 heavy (non-hydrogen) atoms. The fraction of sp³-hybridized carbons (Fsp3) is 0.333. The highest BCUT2D eigenvalue weighted by molar-refractivity contribution is 8.70. The molecule has 0 fully saturated rings. The van der Waals surface area contributed by atoms with Crippen LogP contribution in [0.5, 0.6) is 0 Å². The van der Waals surface area contributed by atoms with Gasteiger partial charge in [0.25, 0.3) is 0 Å². The van der Waals surface area contributed by atoms with E-state index in [-0.39, 0.29) is 0 Å². The first-order valence-corrected chi connectivity index (χ1v) is 4.29. The lowest BCUT2D eigenvalue weighted by molar-refractivity contribution is 1.36. The largest absolute Gasteiger partial charge is 0.106 e. The maximum Gasteiger partial charge on any atom is -0.00348 e. The van der Waals surface area contributed by atoms with E-state index < -0.39 is 0 Å². The van der Waals surface area contributed by atoms with E-state index in [4.69, 9.17) is 0 Å². The van der Waals surface area contributed by atoms with E-state index in [1.54, 1.807) is 0 Å². The Morgan fingerprint density at radius 3 is 2.62 bits per heavy atom. The Morgan fingerprint density at radius 1 is 1.88 bits per heavy atom. The monoisotopic (exact) mass is 146 g/mol. The molecule has 0 aromatic carbocycles. The standard InChI is InChI=1S/C6H10S2/c1-3-5-6(4-2)8-7/h3-4,7H,1,5H2,2H3. The molecular formula is C6H10S2. The zero-order valence-corrected chi connectivity index (χ0v) is 6.64. The SMILES string of the molecule is C=CCC(=CC)SS. The Morgan fingerprint density at radius 2 is 2.50 bits per heavy atom. The predicted molar refractivity (Wildman–Crippen MR) is 45.1 cm³/mol. The molecule has 0 aliphatic heterocycles. The Kier molecular flexibility index (Phi) is 5.44. The van der Waals surface area contributed by atoms with Gasteiger partial charge in [0, 0.05) is 0 Å². The van der Waals surface area contributed by atoms with Gasteiger partial charge < -0.3 is 0 Å². The molecule has 0 atom stereocenters. The van der Waals surface area contributed by atoms with Gasteiger partial charge in [-0.05, 0) is 18.2 Å². The van der Waals surface area contributed by atoms with Gasteiger partial charge in [-0.25, -0.2) is 0 Å². The lowest BCUT2D eigenvalue weighted by Crippen LogP contribution is -1.65. The van der Waals surface area contributed by atoms with Gasteiger partial charge >= 0.3 is 0 Å². The Balaban J connectivity index is 3.53. The van der Waals surface area contributed by atoms with E-state index >= 15 is 0 Å². The van der Waals surface area contributed by atoms with E-state index in [0.29, 0.717) is 0 Å². The van der Waals surface area contributed by atoms with Crippen LogP contribution in [0.15, 0.2) is 23.6 Å². The molecule has 0 spiro atoms. The molecule has 0 aromatic rings. The molecule has 0 saturated heterocycles. The van der Waals surface area contributed by atoms with Gasteiger partial charge in [-0.2, -0.15) is 0 Å². The molecular weight excluding hydrogens is 136 g/mol. The Hall–Kier alpha value is 0.180. The summed E-state index contributed by atoms with van der Waals surface area (Å²) < 4.78 is 0. The highest BCUT2D eigenvalue weighted by atomic mass is 33.1. The molecule has 0 N–H and O–H groups in total. The third-order valence-electron chi connectivity index (χ3n) is 0.785. The van der Waals surface area contributed by atoms with Crippen LogP contribution in [0.1, 0.15) is 13.3 Å². The van der Waals surface area contributed by atoms with Gasteiger partial charge in [-0.15, -0.1) is 18.2 Å². The Bertz CT molecular complexity index is 94.7. The van der Waals surface area contributed by atoms with Gasteiger partial charge in [0.15, 0.2) is 0 Å². The fourth-order valence-electron chi connectivity index (χ4n) is 0.350. The average Bonchev–Trinajstić information content (AvgIpc) is 1.83. The molecule has 0 heterocycles. The zero-order valence-electron chi connectivity index (χ0n) is 4.92. The van der Waals surface area contributed by atoms with E-state index in [1.807, 2.05) is 19.1 Å². The van der Waals surface area contributed by atoms with Crippen LogP contribution in [0.2, 0.25) is 0 Å². The van der Waals surface area contributed by atoms with Crippen LogP contribution in [-0.2, 0) is 0 Å². The first kappa shape index (κ1) is 8.18. The minimum atomic E-state index is 0.935. The van der Waals surface area contributed by atoms with Crippen molar-refractivity contribution < 1.29 is 0 Å². The van der Waals surface area contributed by atoms with Crippen molar-refractivity contribution in [2.75, 3.05) is 0 Å². The lowest BCUT2D eigenvalue weighted by Gasteiger charge is -1.93. The van der Waals surface area contributed by atoms with Gasteiger partial charge in [0.2, 0.25) is 0 Å². The molecule has 0 bridgehead atoms. The molecule has 0 saturated carbocycles. The van der Waals surface area contributed by atoms with Crippen LogP contribution in [0.3, 0.4) is 0 Å². The minimum Gasteiger partial charge on any atom is -0.106 e. The van der Waals surface area contributed by atoms with Gasteiger partial charge in [-0.1, -0.05) is 22.9 Å². The van der Waals surface area contributed by atoms with Crippen molar-refractivity contribution >= 4 is 22.5 Å². The maximum absolute atomic E-state index is 4.03. The quantitative estimate of drug-likeness (QED) is 0.363. The third-order valence-corrected chi connectivity index (χ3v) is 2.13. The van der Waals surface area contributed by atoms with Crippen molar-refractivity contribution in [2.24, 2.45) is 0 Å². The van der Waals surface area contributed by atoms with Gasteiger partial charge in [0.05, 0.1) is 0 Å². The first-order valence-electron chi connectivity index (χ1n) is 2.42. The number of allylic oxidation sites excluding steroid dienone is 3. The lowest BCUT2D eigenvalue weighted by atomic mass is 10.4. The van der Waals surface area contributed by atoms with Crippen molar-refractivity contribution in [3.63, 3.8) is 0 Å². The van der Waals surface area contributed by atoms with Crippen molar-refractivity contribution in [2.45, 2.75) is 13.3 Å². The molecule has 2 heteroatoms. The number of thiol groups is 1. The second-order valence-electron chi connectivity index (χ2n) is 1.34. The van der Waals surface area contributed by atoms with E-state index in [2.05, 4.69) is 18.2 Å². The predicted octanol–water partition coefficient (Wildman–Crippen LogP) is 3.04. The summed E-state index contributed by atoms with van der Waals surface area (Å²) in [6.07, 6.45) is 4.85. The molecule has 0 aliphatic carbocycles. The topological polar surface area (TPSA) is 0 Å². The molecule has 0 rings (SSSR count). The summed E-state index contributed by atoms with van der Waals surface area (Å²) in [7, 11) is 1.48. The second-order valence-corrected chi connectivity index (χ2v) is 2.59. The molecule has 46 valence electrons. The fourth-order valence-corrected chi connectivity index (χ4v) is 1.19. The molecule has 0 aliphatic rings. The van der Waals surface area contributed by atoms with Crippen molar-refractivity contribution in [1.29, 1.82) is 0 Å². The second kappa shape index (κ2) is 5.32. The summed E-state index contributed by atoms with van der Waals surface area (Å²) in [5.74, 6) is 0. The highest BCUT2D eigenvalue weighted by Gasteiger charge is 1.86. The minimum absolute atomic E-state index is 0.935. The number of hydrogen-bond acceptors (Lipinski definition) is 2.